The zero-order chi connectivity index (χ0) is 21.3. The van der Waals surface area contributed by atoms with Gasteiger partial charge in [0.1, 0.15) is 20.1 Å². The van der Waals surface area contributed by atoms with Crippen molar-refractivity contribution in [3.8, 4) is 22.4 Å². The highest BCUT2D eigenvalue weighted by atomic mass is 15.0. The van der Waals surface area contributed by atoms with E-state index in [0.29, 0.717) is 0 Å². The van der Waals surface area contributed by atoms with Crippen molar-refractivity contribution in [3.63, 3.8) is 0 Å². The Hall–Kier alpha value is -2.55. The number of fused-ring (bicyclic) bond motifs is 3. The maximum Gasteiger partial charge on any atom is 0.217 e. The highest BCUT2D eigenvalue weighted by molar-refractivity contribution is 5.77. The second-order valence-corrected chi connectivity index (χ2v) is 9.27. The van der Waals surface area contributed by atoms with E-state index in [4.69, 9.17) is 0 Å². The normalized spacial score (nSPS) is 13.9. The van der Waals surface area contributed by atoms with Gasteiger partial charge in [-0.05, 0) is 11.6 Å². The van der Waals surface area contributed by atoms with E-state index >= 15 is 0 Å². The van der Waals surface area contributed by atoms with Gasteiger partial charge in [0.25, 0.3) is 0 Å². The first-order valence-corrected chi connectivity index (χ1v) is 11.5. The van der Waals surface area contributed by atoms with E-state index in [-0.39, 0.29) is 5.41 Å². The Kier molecular flexibility index (Phi) is 5.73. The van der Waals surface area contributed by atoms with Crippen LogP contribution in [-0.2, 0) is 25.6 Å². The molecule has 0 fully saturated rings. The van der Waals surface area contributed by atoms with Gasteiger partial charge in [0.15, 0.2) is 31.0 Å². The monoisotopic (exact) mass is 402 g/mol. The summed E-state index contributed by atoms with van der Waals surface area (Å²) in [6, 6.07) is 9.24. The molecular formula is C27H36N3+3. The lowest BCUT2D eigenvalue weighted by Gasteiger charge is -2.19. The van der Waals surface area contributed by atoms with Gasteiger partial charge in [-0.1, -0.05) is 40.5 Å². The highest BCUT2D eigenvalue weighted by Gasteiger charge is 2.43. The minimum Gasteiger partial charge on any atom is -0.205 e. The first-order valence-electron chi connectivity index (χ1n) is 11.5. The van der Waals surface area contributed by atoms with Gasteiger partial charge < -0.3 is 0 Å². The van der Waals surface area contributed by atoms with Crippen LogP contribution >= 0.6 is 0 Å². The van der Waals surface area contributed by atoms with E-state index in [2.05, 4.69) is 104 Å². The van der Waals surface area contributed by atoms with Crippen LogP contribution in [0.25, 0.3) is 22.4 Å². The highest BCUT2D eigenvalue weighted by Crippen LogP contribution is 2.47. The molecular weight excluding hydrogens is 366 g/mol. The van der Waals surface area contributed by atoms with Gasteiger partial charge in [-0.3, -0.25) is 0 Å². The zero-order valence-corrected chi connectivity index (χ0v) is 19.3. The first-order chi connectivity index (χ1) is 14.5. The summed E-state index contributed by atoms with van der Waals surface area (Å²) in [5, 5.41) is 0. The standard InChI is InChI=1S/C27H36N3/c1-6-8-13-29-15-10-21(11-16-29)22-18-24-26(28(5)19-22)23-12-17-30(14-9-7-2)20-25(23)27(24,3)4/h10-12,15-20H,6-9,13-14H2,1-5H3/q+3. The van der Waals surface area contributed by atoms with Crippen molar-refractivity contribution >= 4 is 0 Å². The number of nitrogens with zero attached hydrogens (tertiary/aromatic N) is 3. The quantitative estimate of drug-likeness (QED) is 0.510. The van der Waals surface area contributed by atoms with Crippen molar-refractivity contribution in [2.75, 3.05) is 0 Å². The van der Waals surface area contributed by atoms with E-state index in [0.717, 1.165) is 13.1 Å². The first kappa shape index (κ1) is 20.7. The van der Waals surface area contributed by atoms with Crippen LogP contribution < -0.4 is 13.7 Å². The lowest BCUT2D eigenvalue weighted by Crippen LogP contribution is -2.34. The van der Waals surface area contributed by atoms with Gasteiger partial charge in [0.2, 0.25) is 5.69 Å². The maximum atomic E-state index is 2.41. The Balaban J connectivity index is 1.73. The van der Waals surface area contributed by atoms with E-state index in [1.807, 2.05) is 0 Å². The lowest BCUT2D eigenvalue weighted by atomic mass is 9.83. The molecule has 30 heavy (non-hydrogen) atoms. The third kappa shape index (κ3) is 3.66. The lowest BCUT2D eigenvalue weighted by molar-refractivity contribution is -0.697. The number of rotatable bonds is 7. The molecule has 0 saturated heterocycles. The van der Waals surface area contributed by atoms with Gasteiger partial charge in [0.05, 0.1) is 5.56 Å². The SMILES string of the molecule is CCCC[n+]1ccc(-c2cc3c([n+](C)c2)-c2cc[n+](CCCC)cc2C3(C)C)cc1. The predicted octanol–water partition coefficient (Wildman–Crippen LogP) is 4.66. The number of hydrogen-bond donors (Lipinski definition) is 0. The molecule has 3 aromatic rings. The van der Waals surface area contributed by atoms with Crippen molar-refractivity contribution in [2.45, 2.75) is 71.9 Å². The Bertz CT molecular complexity index is 1050. The van der Waals surface area contributed by atoms with Gasteiger partial charge in [-0.15, -0.1) is 0 Å². The number of unbranched alkanes of at least 4 members (excludes halogenated alkanes) is 2. The van der Waals surface area contributed by atoms with Gasteiger partial charge in [-0.2, -0.15) is 0 Å². The molecule has 1 aliphatic rings. The van der Waals surface area contributed by atoms with Crippen LogP contribution in [0.2, 0.25) is 0 Å². The molecule has 0 amide bonds. The van der Waals surface area contributed by atoms with Crippen molar-refractivity contribution in [3.05, 3.63) is 66.4 Å². The van der Waals surface area contributed by atoms with E-state index in [9.17, 15) is 0 Å². The minimum absolute atomic E-state index is 0.00345. The van der Waals surface area contributed by atoms with Crippen molar-refractivity contribution in [1.82, 2.24) is 0 Å². The summed E-state index contributed by atoms with van der Waals surface area (Å²) in [7, 11) is 2.19. The van der Waals surface area contributed by atoms with Crippen LogP contribution in [0.3, 0.4) is 0 Å². The second-order valence-electron chi connectivity index (χ2n) is 9.27. The molecule has 0 aromatic carbocycles. The molecule has 3 heterocycles. The Morgan fingerprint density at radius 3 is 2.07 bits per heavy atom. The number of aromatic nitrogens is 3. The van der Waals surface area contributed by atoms with Crippen LogP contribution in [0.1, 0.15) is 64.5 Å². The average Bonchev–Trinajstić information content (AvgIpc) is 2.98. The largest absolute Gasteiger partial charge is 0.217 e. The minimum atomic E-state index is 0.00345. The molecule has 0 bridgehead atoms. The van der Waals surface area contributed by atoms with Crippen molar-refractivity contribution < 1.29 is 13.7 Å². The van der Waals surface area contributed by atoms with E-state index in [1.165, 1.54) is 59.2 Å². The van der Waals surface area contributed by atoms with Crippen LogP contribution in [0.15, 0.2) is 55.2 Å². The van der Waals surface area contributed by atoms with Crippen LogP contribution in [0.5, 0.6) is 0 Å². The van der Waals surface area contributed by atoms with Crippen LogP contribution in [-0.4, -0.2) is 0 Å². The Morgan fingerprint density at radius 1 is 0.767 bits per heavy atom. The van der Waals surface area contributed by atoms with Crippen molar-refractivity contribution in [2.24, 2.45) is 7.05 Å². The van der Waals surface area contributed by atoms with Crippen LogP contribution in [0, 0.1) is 0 Å². The van der Waals surface area contributed by atoms with Crippen molar-refractivity contribution in [1.29, 1.82) is 0 Å². The summed E-state index contributed by atoms with van der Waals surface area (Å²) in [4.78, 5) is 0. The summed E-state index contributed by atoms with van der Waals surface area (Å²) in [6.07, 6.45) is 16.2. The molecule has 0 aliphatic heterocycles. The zero-order valence-electron chi connectivity index (χ0n) is 19.3. The Labute approximate surface area is 181 Å². The van der Waals surface area contributed by atoms with Gasteiger partial charge >= 0.3 is 0 Å². The average molecular weight is 403 g/mol. The third-order valence-electron chi connectivity index (χ3n) is 6.62. The smallest absolute Gasteiger partial charge is 0.205 e. The Morgan fingerprint density at radius 2 is 1.40 bits per heavy atom. The van der Waals surface area contributed by atoms with Gasteiger partial charge in [0, 0.05) is 53.1 Å². The van der Waals surface area contributed by atoms with Crippen LogP contribution in [0.4, 0.5) is 0 Å². The number of pyridine rings is 3. The molecule has 0 unspecified atom stereocenters. The number of hydrogen-bond acceptors (Lipinski definition) is 0. The van der Waals surface area contributed by atoms with Gasteiger partial charge in [-0.25, -0.2) is 13.7 Å². The molecule has 0 spiro atoms. The third-order valence-corrected chi connectivity index (χ3v) is 6.62. The van der Waals surface area contributed by atoms with E-state index < -0.39 is 0 Å². The molecule has 0 radical (unpaired) electrons. The molecule has 3 heteroatoms. The number of aryl methyl sites for hydroxylation is 3. The predicted molar refractivity (Wildman–Crippen MR) is 121 cm³/mol. The molecule has 156 valence electrons. The summed E-state index contributed by atoms with van der Waals surface area (Å²) >= 11 is 0. The topological polar surface area (TPSA) is 11.6 Å². The molecule has 0 saturated carbocycles. The summed E-state index contributed by atoms with van der Waals surface area (Å²) in [6.45, 7) is 11.4. The summed E-state index contributed by atoms with van der Waals surface area (Å²) < 4.78 is 6.98. The maximum absolute atomic E-state index is 2.41. The van der Waals surface area contributed by atoms with E-state index in [1.54, 1.807) is 0 Å². The molecule has 1 aliphatic carbocycles. The fraction of sp³-hybridized carbons (Fsp3) is 0.444. The summed E-state index contributed by atoms with van der Waals surface area (Å²) in [5.41, 5.74) is 8.17. The summed E-state index contributed by atoms with van der Waals surface area (Å²) in [5.74, 6) is 0. The molecule has 0 N–H and O–H groups in total. The molecule has 0 atom stereocenters. The molecule has 4 rings (SSSR count). The molecule has 3 nitrogen and oxygen atoms in total. The fourth-order valence-corrected chi connectivity index (χ4v) is 4.70. The molecule has 3 aromatic heterocycles. The second kappa shape index (κ2) is 8.29. The fourth-order valence-electron chi connectivity index (χ4n) is 4.70.